The van der Waals surface area contributed by atoms with Crippen molar-refractivity contribution in [3.63, 3.8) is 0 Å². The Balaban J connectivity index is 0.00000306. The molecule has 0 spiro atoms. The summed E-state index contributed by atoms with van der Waals surface area (Å²) < 4.78 is 14.9. The minimum absolute atomic E-state index is 0. The van der Waals surface area contributed by atoms with Crippen LogP contribution in [-0.4, -0.2) is 29.4 Å². The summed E-state index contributed by atoms with van der Waals surface area (Å²) in [5.74, 6) is -0.255. The van der Waals surface area contributed by atoms with Crippen LogP contribution in [0.25, 0.3) is 10.8 Å². The van der Waals surface area contributed by atoms with E-state index in [1.54, 1.807) is 16.8 Å². The third-order valence-electron chi connectivity index (χ3n) is 6.02. The summed E-state index contributed by atoms with van der Waals surface area (Å²) >= 11 is 0. The van der Waals surface area contributed by atoms with Gasteiger partial charge in [-0.05, 0) is 36.2 Å². The first-order valence-corrected chi connectivity index (χ1v) is 11.2. The number of halogens is 2. The van der Waals surface area contributed by atoms with Gasteiger partial charge in [-0.3, -0.25) is 4.79 Å². The van der Waals surface area contributed by atoms with Gasteiger partial charge in [0, 0.05) is 18.2 Å². The molecule has 0 bridgehead atoms. The molecule has 0 saturated carbocycles. The van der Waals surface area contributed by atoms with Gasteiger partial charge in [-0.1, -0.05) is 60.7 Å². The first-order valence-electron chi connectivity index (χ1n) is 11.2. The van der Waals surface area contributed by atoms with Crippen molar-refractivity contribution in [3.05, 3.63) is 112 Å². The number of fused-ring (bicyclic) bond motifs is 1. The highest BCUT2D eigenvalue weighted by Gasteiger charge is 2.13. The van der Waals surface area contributed by atoms with Crippen molar-refractivity contribution in [2.75, 3.05) is 19.6 Å². The molecule has 1 aromatic heterocycles. The largest absolute Gasteiger partial charge is 1.00 e. The Morgan fingerprint density at radius 3 is 2.21 bits per heavy atom. The van der Waals surface area contributed by atoms with E-state index in [9.17, 15) is 9.18 Å². The van der Waals surface area contributed by atoms with Gasteiger partial charge in [0.2, 0.25) is 0 Å². The average molecular weight is 466 g/mol. The summed E-state index contributed by atoms with van der Waals surface area (Å²) in [6.45, 7) is 5.60. The Morgan fingerprint density at radius 1 is 0.848 bits per heavy atom. The first kappa shape index (κ1) is 24.6. The Bertz CT molecular complexity index is 1230. The molecule has 172 valence electrons. The quantitative estimate of drug-likeness (QED) is 0.385. The topological polar surface area (TPSA) is 39.3 Å². The standard InChI is InChI=1S/C27H28FN3O.ClH/c1-2-30(17-16-21-8-4-3-5-9-21)18-19-31-27(32)25-11-7-6-10-24(25)26(29-31)20-22-12-14-23(28)15-13-22;/h3-15H,2,16-20H2,1H3;1H. The number of nitrogens with one attached hydrogen (secondary N) is 1. The number of aromatic nitrogens is 2. The second kappa shape index (κ2) is 11.7. The van der Waals surface area contributed by atoms with Crippen molar-refractivity contribution in [3.8, 4) is 0 Å². The Morgan fingerprint density at radius 2 is 1.52 bits per heavy atom. The lowest BCUT2D eigenvalue weighted by Gasteiger charge is -2.18. The van der Waals surface area contributed by atoms with Gasteiger partial charge in [0.05, 0.1) is 37.3 Å². The maximum atomic E-state index is 13.3. The zero-order valence-corrected chi connectivity index (χ0v) is 19.6. The lowest BCUT2D eigenvalue weighted by atomic mass is 10.0. The Kier molecular flexibility index (Phi) is 8.75. The van der Waals surface area contributed by atoms with Crippen molar-refractivity contribution in [1.29, 1.82) is 0 Å². The van der Waals surface area contributed by atoms with Crippen LogP contribution in [-0.2, 0) is 19.4 Å². The van der Waals surface area contributed by atoms with Crippen LogP contribution >= 0.6 is 0 Å². The number of rotatable bonds is 9. The number of benzene rings is 3. The molecule has 0 fully saturated rings. The molecule has 0 amide bonds. The maximum absolute atomic E-state index is 13.3. The Labute approximate surface area is 200 Å². The van der Waals surface area contributed by atoms with Crippen molar-refractivity contribution in [1.82, 2.24) is 9.78 Å². The minimum atomic E-state index is -0.255. The summed E-state index contributed by atoms with van der Waals surface area (Å²) in [5.41, 5.74) is 3.09. The molecule has 4 aromatic rings. The molecular formula is C27H29ClFN3O. The summed E-state index contributed by atoms with van der Waals surface area (Å²) in [6.07, 6.45) is 1.57. The highest BCUT2D eigenvalue weighted by Crippen LogP contribution is 2.17. The fourth-order valence-corrected chi connectivity index (χ4v) is 4.09. The molecule has 33 heavy (non-hydrogen) atoms. The molecule has 6 heteroatoms. The minimum Gasteiger partial charge on any atom is -1.00 e. The van der Waals surface area contributed by atoms with E-state index >= 15 is 0 Å². The summed E-state index contributed by atoms with van der Waals surface area (Å²) in [7, 11) is 0. The van der Waals surface area contributed by atoms with Crippen molar-refractivity contribution < 1.29 is 21.7 Å². The van der Waals surface area contributed by atoms with Crippen molar-refractivity contribution >= 4 is 10.8 Å². The highest BCUT2D eigenvalue weighted by molar-refractivity contribution is 5.83. The normalized spacial score (nSPS) is 11.8. The molecular weight excluding hydrogens is 437 g/mol. The van der Waals surface area contributed by atoms with Gasteiger partial charge in [0.25, 0.3) is 5.56 Å². The molecule has 0 radical (unpaired) electrons. The SMILES string of the molecule is CC[NH+](CCc1ccccc1)CCn1nc(Cc2ccc(F)cc2)c2ccccc2c1=O.[Cl-]. The average Bonchev–Trinajstić information content (AvgIpc) is 2.84. The van der Waals surface area contributed by atoms with Crippen molar-refractivity contribution in [2.45, 2.75) is 26.3 Å². The van der Waals surface area contributed by atoms with E-state index in [0.29, 0.717) is 18.4 Å². The van der Waals surface area contributed by atoms with Gasteiger partial charge in [-0.25, -0.2) is 9.07 Å². The molecule has 4 rings (SSSR count). The molecule has 1 unspecified atom stereocenters. The second-order valence-corrected chi connectivity index (χ2v) is 8.16. The van der Waals surface area contributed by atoms with Crippen LogP contribution in [0.15, 0.2) is 83.7 Å². The predicted octanol–water partition coefficient (Wildman–Crippen LogP) is 0.278. The molecule has 4 nitrogen and oxygen atoms in total. The fraction of sp³-hybridized carbons (Fsp3) is 0.259. The third-order valence-corrected chi connectivity index (χ3v) is 6.02. The third kappa shape index (κ3) is 6.28. The van der Waals surface area contributed by atoms with E-state index in [1.165, 1.54) is 22.6 Å². The summed E-state index contributed by atoms with van der Waals surface area (Å²) in [6, 6.07) is 24.6. The van der Waals surface area contributed by atoms with Crippen LogP contribution in [0.2, 0.25) is 0 Å². The molecule has 1 atom stereocenters. The van der Waals surface area contributed by atoms with Gasteiger partial charge >= 0.3 is 0 Å². The van der Waals surface area contributed by atoms with Crippen LogP contribution in [0.3, 0.4) is 0 Å². The van der Waals surface area contributed by atoms with E-state index in [4.69, 9.17) is 5.10 Å². The van der Waals surface area contributed by atoms with Crippen LogP contribution in [0.4, 0.5) is 4.39 Å². The lowest BCUT2D eigenvalue weighted by molar-refractivity contribution is -0.898. The number of hydrogen-bond donors (Lipinski definition) is 1. The van der Waals surface area contributed by atoms with Gasteiger partial charge in [0.15, 0.2) is 0 Å². The van der Waals surface area contributed by atoms with Crippen molar-refractivity contribution in [2.24, 2.45) is 0 Å². The zero-order valence-electron chi connectivity index (χ0n) is 18.8. The van der Waals surface area contributed by atoms with Crippen LogP contribution in [0, 0.1) is 5.82 Å². The van der Waals surface area contributed by atoms with E-state index < -0.39 is 0 Å². The summed E-state index contributed by atoms with van der Waals surface area (Å²) in [5, 5.41) is 6.28. The monoisotopic (exact) mass is 465 g/mol. The molecule has 0 saturated heterocycles. The molecule has 1 N–H and O–H groups in total. The van der Waals surface area contributed by atoms with E-state index in [1.807, 2.05) is 30.3 Å². The van der Waals surface area contributed by atoms with Crippen LogP contribution < -0.4 is 22.9 Å². The fourth-order valence-electron chi connectivity index (χ4n) is 4.09. The van der Waals surface area contributed by atoms with Crippen LogP contribution in [0.1, 0.15) is 23.7 Å². The van der Waals surface area contributed by atoms with E-state index in [-0.39, 0.29) is 23.8 Å². The van der Waals surface area contributed by atoms with Gasteiger partial charge in [-0.15, -0.1) is 0 Å². The molecule has 3 aromatic carbocycles. The molecule has 1 heterocycles. The van der Waals surface area contributed by atoms with Gasteiger partial charge in [-0.2, -0.15) is 5.10 Å². The second-order valence-electron chi connectivity index (χ2n) is 8.16. The highest BCUT2D eigenvalue weighted by atomic mass is 35.5. The Hall–Kier alpha value is -3.02. The first-order chi connectivity index (χ1) is 15.6. The lowest BCUT2D eigenvalue weighted by Crippen LogP contribution is -3.12. The maximum Gasteiger partial charge on any atom is 0.274 e. The number of hydrogen-bond acceptors (Lipinski definition) is 2. The number of likely N-dealkylation sites (N-methyl/N-ethyl adjacent to an activating group) is 1. The van der Waals surface area contributed by atoms with E-state index in [0.717, 1.165) is 42.7 Å². The zero-order chi connectivity index (χ0) is 22.3. The van der Waals surface area contributed by atoms with E-state index in [2.05, 4.69) is 31.2 Å². The van der Waals surface area contributed by atoms with Gasteiger partial charge < -0.3 is 17.3 Å². The molecule has 0 aliphatic carbocycles. The van der Waals surface area contributed by atoms with Gasteiger partial charge in [0.1, 0.15) is 5.82 Å². The molecule has 0 aliphatic heterocycles. The number of nitrogens with zero attached hydrogens (tertiary/aromatic N) is 2. The molecule has 0 aliphatic rings. The predicted molar refractivity (Wildman–Crippen MR) is 127 cm³/mol. The van der Waals surface area contributed by atoms with Crippen LogP contribution in [0.5, 0.6) is 0 Å². The smallest absolute Gasteiger partial charge is 0.274 e. The number of quaternary nitrogens is 1. The summed E-state index contributed by atoms with van der Waals surface area (Å²) in [4.78, 5) is 14.5.